The molecule has 1 aromatic heterocycles. The minimum absolute atomic E-state index is 0.779. The van der Waals surface area contributed by atoms with Gasteiger partial charge in [-0.15, -0.1) is 0 Å². The number of fused-ring (bicyclic) bond motifs is 1. The van der Waals surface area contributed by atoms with Crippen LogP contribution in [0.1, 0.15) is 22.3 Å². The van der Waals surface area contributed by atoms with E-state index in [4.69, 9.17) is 4.74 Å². The zero-order chi connectivity index (χ0) is 19.3. The molecule has 0 saturated heterocycles. The zero-order valence-corrected chi connectivity index (χ0v) is 16.5. The Hall–Kier alpha value is -3.04. The molecule has 0 fully saturated rings. The topological polar surface area (TPSA) is 26.2 Å². The molecule has 1 heterocycles. The lowest BCUT2D eigenvalue weighted by Crippen LogP contribution is -2.13. The number of benzene rings is 3. The van der Waals surface area contributed by atoms with Gasteiger partial charge >= 0.3 is 0 Å². The smallest absolute Gasteiger partial charge is 0.123 e. The highest BCUT2D eigenvalue weighted by Gasteiger charge is 2.09. The highest BCUT2D eigenvalue weighted by molar-refractivity contribution is 5.84. The second-order valence-corrected chi connectivity index (χ2v) is 7.20. The first-order valence-electron chi connectivity index (χ1n) is 9.69. The predicted octanol–water partition coefficient (Wildman–Crippen LogP) is 5.30. The molecule has 0 aliphatic carbocycles. The molecule has 0 aliphatic heterocycles. The Kier molecular flexibility index (Phi) is 5.45. The molecule has 3 heteroatoms. The maximum atomic E-state index is 5.45. The summed E-state index contributed by atoms with van der Waals surface area (Å²) in [5.41, 5.74) is 6.40. The van der Waals surface area contributed by atoms with Gasteiger partial charge < -0.3 is 14.6 Å². The van der Waals surface area contributed by atoms with E-state index in [2.05, 4.69) is 77.6 Å². The Morgan fingerprint density at radius 3 is 2.50 bits per heavy atom. The predicted molar refractivity (Wildman–Crippen MR) is 116 cm³/mol. The monoisotopic (exact) mass is 370 g/mol. The molecule has 0 unspecified atom stereocenters. The zero-order valence-electron chi connectivity index (χ0n) is 16.5. The average molecular weight is 370 g/mol. The molecule has 0 bridgehead atoms. The molecule has 4 rings (SSSR count). The van der Waals surface area contributed by atoms with E-state index in [1.807, 2.05) is 18.2 Å². The lowest BCUT2D eigenvalue weighted by Gasteiger charge is -2.09. The second-order valence-electron chi connectivity index (χ2n) is 7.20. The van der Waals surface area contributed by atoms with Crippen LogP contribution in [-0.2, 0) is 19.6 Å². The Bertz CT molecular complexity index is 1080. The number of aryl methyl sites for hydroxylation is 1. The quantitative estimate of drug-likeness (QED) is 0.478. The van der Waals surface area contributed by atoms with Crippen LogP contribution in [0, 0.1) is 6.92 Å². The highest BCUT2D eigenvalue weighted by atomic mass is 16.5. The van der Waals surface area contributed by atoms with Crippen LogP contribution in [0.25, 0.3) is 10.9 Å². The number of aromatic nitrogens is 1. The molecule has 28 heavy (non-hydrogen) atoms. The molecular formula is C25H26N2O. The van der Waals surface area contributed by atoms with Gasteiger partial charge in [-0.25, -0.2) is 0 Å². The van der Waals surface area contributed by atoms with E-state index in [1.54, 1.807) is 7.11 Å². The second kappa shape index (κ2) is 8.32. The number of hydrogen-bond acceptors (Lipinski definition) is 2. The molecular weight excluding hydrogens is 344 g/mol. The van der Waals surface area contributed by atoms with Crippen molar-refractivity contribution in [1.82, 2.24) is 9.88 Å². The van der Waals surface area contributed by atoms with Crippen LogP contribution >= 0.6 is 0 Å². The first kappa shape index (κ1) is 18.3. The number of nitrogens with zero attached hydrogens (tertiary/aromatic N) is 1. The third-order valence-corrected chi connectivity index (χ3v) is 5.13. The standard InChI is InChI=1S/C25H26N2O/c1-19-8-7-9-20(14-19)17-27-18-22(23-11-4-5-12-24(23)27)16-26-15-21-10-3-6-13-25(21)28-2/h3-14,18,26H,15-17H2,1-2H3. The van der Waals surface area contributed by atoms with Crippen molar-refractivity contribution in [3.8, 4) is 5.75 Å². The van der Waals surface area contributed by atoms with Gasteiger partial charge in [0.15, 0.2) is 0 Å². The number of hydrogen-bond donors (Lipinski definition) is 1. The van der Waals surface area contributed by atoms with Gasteiger partial charge in [-0.2, -0.15) is 0 Å². The van der Waals surface area contributed by atoms with Gasteiger partial charge in [0.1, 0.15) is 5.75 Å². The van der Waals surface area contributed by atoms with Gasteiger partial charge in [-0.05, 0) is 30.2 Å². The third-order valence-electron chi connectivity index (χ3n) is 5.13. The van der Waals surface area contributed by atoms with Crippen LogP contribution in [0.2, 0.25) is 0 Å². The fourth-order valence-corrected chi connectivity index (χ4v) is 3.78. The minimum atomic E-state index is 0.779. The average Bonchev–Trinajstić information content (AvgIpc) is 3.06. The fraction of sp³-hybridized carbons (Fsp3) is 0.200. The first-order valence-corrected chi connectivity index (χ1v) is 9.69. The summed E-state index contributed by atoms with van der Waals surface area (Å²) in [4.78, 5) is 0. The van der Waals surface area contributed by atoms with Crippen LogP contribution in [0.5, 0.6) is 5.75 Å². The molecule has 3 nitrogen and oxygen atoms in total. The van der Waals surface area contributed by atoms with Crippen LogP contribution in [0.15, 0.2) is 79.0 Å². The van der Waals surface area contributed by atoms with E-state index in [9.17, 15) is 0 Å². The van der Waals surface area contributed by atoms with Crippen LogP contribution in [0.4, 0.5) is 0 Å². The summed E-state index contributed by atoms with van der Waals surface area (Å²) >= 11 is 0. The Labute approximate surface area is 166 Å². The molecule has 0 saturated carbocycles. The van der Waals surface area contributed by atoms with Gasteiger partial charge in [0.2, 0.25) is 0 Å². The summed E-state index contributed by atoms with van der Waals surface area (Å²) in [6, 6.07) is 25.5. The summed E-state index contributed by atoms with van der Waals surface area (Å²) in [5.74, 6) is 0.928. The van der Waals surface area contributed by atoms with Crippen molar-refractivity contribution in [1.29, 1.82) is 0 Å². The van der Waals surface area contributed by atoms with E-state index in [-0.39, 0.29) is 0 Å². The van der Waals surface area contributed by atoms with Crippen LogP contribution in [0.3, 0.4) is 0 Å². The van der Waals surface area contributed by atoms with E-state index < -0.39 is 0 Å². The van der Waals surface area contributed by atoms with E-state index in [0.29, 0.717) is 0 Å². The molecule has 0 radical (unpaired) electrons. The van der Waals surface area contributed by atoms with Crippen LogP contribution in [-0.4, -0.2) is 11.7 Å². The lowest BCUT2D eigenvalue weighted by atomic mass is 10.1. The molecule has 1 N–H and O–H groups in total. The highest BCUT2D eigenvalue weighted by Crippen LogP contribution is 2.23. The normalized spacial score (nSPS) is 11.1. The van der Waals surface area contributed by atoms with E-state index in [1.165, 1.54) is 33.2 Å². The van der Waals surface area contributed by atoms with Crippen molar-refractivity contribution in [3.63, 3.8) is 0 Å². The minimum Gasteiger partial charge on any atom is -0.496 e. The molecule has 0 spiro atoms. The van der Waals surface area contributed by atoms with Gasteiger partial charge in [0, 0.05) is 42.3 Å². The maximum Gasteiger partial charge on any atom is 0.123 e. The number of methoxy groups -OCH3 is 1. The molecule has 0 aliphatic rings. The van der Waals surface area contributed by atoms with Gasteiger partial charge in [0.05, 0.1) is 7.11 Å². The summed E-state index contributed by atoms with van der Waals surface area (Å²) in [6.07, 6.45) is 2.28. The van der Waals surface area contributed by atoms with Crippen molar-refractivity contribution in [3.05, 3.63) is 101 Å². The molecule has 142 valence electrons. The van der Waals surface area contributed by atoms with Crippen molar-refractivity contribution in [2.45, 2.75) is 26.6 Å². The van der Waals surface area contributed by atoms with Gasteiger partial charge in [-0.1, -0.05) is 66.2 Å². The lowest BCUT2D eigenvalue weighted by molar-refractivity contribution is 0.407. The third kappa shape index (κ3) is 3.95. The van der Waals surface area contributed by atoms with Crippen molar-refractivity contribution in [2.24, 2.45) is 0 Å². The Morgan fingerprint density at radius 1 is 0.857 bits per heavy atom. The van der Waals surface area contributed by atoms with Gasteiger partial charge in [-0.3, -0.25) is 0 Å². The Balaban J connectivity index is 1.54. The first-order chi connectivity index (χ1) is 13.7. The maximum absolute atomic E-state index is 5.45. The summed E-state index contributed by atoms with van der Waals surface area (Å²) in [6.45, 7) is 4.62. The number of para-hydroxylation sites is 2. The summed E-state index contributed by atoms with van der Waals surface area (Å²) < 4.78 is 7.81. The van der Waals surface area contributed by atoms with Gasteiger partial charge in [0.25, 0.3) is 0 Å². The number of nitrogens with one attached hydrogen (secondary N) is 1. The largest absolute Gasteiger partial charge is 0.496 e. The molecule has 0 amide bonds. The SMILES string of the molecule is COc1ccccc1CNCc1cn(Cc2cccc(C)c2)c2ccccc12. The van der Waals surface area contributed by atoms with Crippen molar-refractivity contribution < 1.29 is 4.74 Å². The summed E-state index contributed by atoms with van der Waals surface area (Å²) in [7, 11) is 1.72. The number of rotatable bonds is 7. The molecule has 4 aromatic rings. The fourth-order valence-electron chi connectivity index (χ4n) is 3.78. The number of ether oxygens (including phenoxy) is 1. The van der Waals surface area contributed by atoms with E-state index >= 15 is 0 Å². The molecule has 3 aromatic carbocycles. The molecule has 0 atom stereocenters. The van der Waals surface area contributed by atoms with Crippen molar-refractivity contribution >= 4 is 10.9 Å². The van der Waals surface area contributed by atoms with Crippen molar-refractivity contribution in [2.75, 3.05) is 7.11 Å². The summed E-state index contributed by atoms with van der Waals surface area (Å²) in [5, 5.41) is 4.89. The Morgan fingerprint density at radius 2 is 1.64 bits per heavy atom. The van der Waals surface area contributed by atoms with Crippen LogP contribution < -0.4 is 10.1 Å². The van der Waals surface area contributed by atoms with E-state index in [0.717, 1.165) is 25.4 Å².